The van der Waals surface area contributed by atoms with E-state index in [-0.39, 0.29) is 6.54 Å². The fourth-order valence-corrected chi connectivity index (χ4v) is 1.07. The normalized spacial score (nSPS) is 12.2. The average molecular weight is 213 g/mol. The number of halogens is 1. The van der Waals surface area contributed by atoms with Crippen molar-refractivity contribution in [3.8, 4) is 5.75 Å². The molecule has 1 aromatic carbocycles. The van der Waals surface area contributed by atoms with Gasteiger partial charge in [0.15, 0.2) is 0 Å². The molecule has 1 atom stereocenters. The molecule has 0 saturated carbocycles. The number of hydrogen-bond acceptors (Lipinski definition) is 3. The molecular weight excluding hydrogens is 201 g/mol. The maximum absolute atomic E-state index is 13.1. The SMILES string of the molecule is CC(O)CNC(=O)c1c(O)cccc1F. The van der Waals surface area contributed by atoms with Gasteiger partial charge < -0.3 is 15.5 Å². The summed E-state index contributed by atoms with van der Waals surface area (Å²) < 4.78 is 13.1. The number of benzene rings is 1. The third-order valence-corrected chi connectivity index (χ3v) is 1.78. The highest BCUT2D eigenvalue weighted by Gasteiger charge is 2.16. The highest BCUT2D eigenvalue weighted by Crippen LogP contribution is 2.19. The largest absolute Gasteiger partial charge is 0.507 e. The second-order valence-electron chi connectivity index (χ2n) is 3.19. The van der Waals surface area contributed by atoms with Gasteiger partial charge in [-0.05, 0) is 19.1 Å². The Hall–Kier alpha value is -1.62. The fourth-order valence-electron chi connectivity index (χ4n) is 1.07. The fraction of sp³-hybridized carbons (Fsp3) is 0.300. The minimum Gasteiger partial charge on any atom is -0.507 e. The van der Waals surface area contributed by atoms with Crippen LogP contribution in [0.1, 0.15) is 17.3 Å². The van der Waals surface area contributed by atoms with E-state index in [1.165, 1.54) is 19.1 Å². The molecule has 0 aliphatic carbocycles. The first kappa shape index (κ1) is 11.5. The zero-order valence-electron chi connectivity index (χ0n) is 8.20. The first-order valence-electron chi connectivity index (χ1n) is 4.46. The van der Waals surface area contributed by atoms with E-state index < -0.39 is 29.1 Å². The molecule has 82 valence electrons. The van der Waals surface area contributed by atoms with Crippen LogP contribution < -0.4 is 5.32 Å². The maximum atomic E-state index is 13.1. The van der Waals surface area contributed by atoms with Gasteiger partial charge in [-0.15, -0.1) is 0 Å². The van der Waals surface area contributed by atoms with E-state index in [1.807, 2.05) is 0 Å². The number of phenolic OH excluding ortho intramolecular Hbond substituents is 1. The lowest BCUT2D eigenvalue weighted by molar-refractivity contribution is 0.0917. The first-order chi connectivity index (χ1) is 7.02. The molecule has 1 amide bonds. The number of rotatable bonds is 3. The van der Waals surface area contributed by atoms with Crippen molar-refractivity contribution < 1.29 is 19.4 Å². The summed E-state index contributed by atoms with van der Waals surface area (Å²) in [6.45, 7) is 1.49. The van der Waals surface area contributed by atoms with Crippen molar-refractivity contribution in [2.24, 2.45) is 0 Å². The van der Waals surface area contributed by atoms with Crippen molar-refractivity contribution in [1.82, 2.24) is 5.32 Å². The lowest BCUT2D eigenvalue weighted by Crippen LogP contribution is -2.31. The third-order valence-electron chi connectivity index (χ3n) is 1.78. The molecule has 0 heterocycles. The van der Waals surface area contributed by atoms with Crippen LogP contribution in [0.15, 0.2) is 18.2 Å². The molecule has 1 aromatic rings. The van der Waals surface area contributed by atoms with Crippen LogP contribution in [0.3, 0.4) is 0 Å². The molecule has 5 heteroatoms. The Balaban J connectivity index is 2.82. The average Bonchev–Trinajstić information content (AvgIpc) is 2.14. The molecule has 0 radical (unpaired) electrons. The summed E-state index contributed by atoms with van der Waals surface area (Å²) in [5.74, 6) is -1.96. The predicted molar refractivity (Wildman–Crippen MR) is 52.1 cm³/mol. The number of amides is 1. The summed E-state index contributed by atoms with van der Waals surface area (Å²) in [5, 5.41) is 20.5. The number of carbonyl (C=O) groups is 1. The number of carbonyl (C=O) groups excluding carboxylic acids is 1. The molecule has 0 aliphatic heterocycles. The Morgan fingerprint density at radius 1 is 1.60 bits per heavy atom. The molecule has 0 spiro atoms. The second kappa shape index (κ2) is 4.75. The summed E-state index contributed by atoms with van der Waals surface area (Å²) in [7, 11) is 0. The van der Waals surface area contributed by atoms with Gasteiger partial charge in [-0.2, -0.15) is 0 Å². The van der Waals surface area contributed by atoms with E-state index in [2.05, 4.69) is 5.32 Å². The lowest BCUT2D eigenvalue weighted by Gasteiger charge is -2.08. The van der Waals surface area contributed by atoms with Gasteiger partial charge in [-0.3, -0.25) is 4.79 Å². The highest BCUT2D eigenvalue weighted by molar-refractivity contribution is 5.97. The third kappa shape index (κ3) is 2.92. The standard InChI is InChI=1S/C10H12FNO3/c1-6(13)5-12-10(15)9-7(11)3-2-4-8(9)14/h2-4,6,13-14H,5H2,1H3,(H,12,15). The van der Waals surface area contributed by atoms with Crippen LogP contribution >= 0.6 is 0 Å². The van der Waals surface area contributed by atoms with Gasteiger partial charge in [0.1, 0.15) is 17.1 Å². The van der Waals surface area contributed by atoms with Crippen LogP contribution in [-0.2, 0) is 0 Å². The minimum atomic E-state index is -0.793. The van der Waals surface area contributed by atoms with Gasteiger partial charge in [0.25, 0.3) is 5.91 Å². The molecule has 3 N–H and O–H groups in total. The molecule has 0 saturated heterocycles. The summed E-state index contributed by atoms with van der Waals surface area (Å²) in [4.78, 5) is 11.4. The van der Waals surface area contributed by atoms with E-state index in [0.717, 1.165) is 6.07 Å². The molecule has 0 bridgehead atoms. The number of aliphatic hydroxyl groups excluding tert-OH is 1. The zero-order chi connectivity index (χ0) is 11.4. The van der Waals surface area contributed by atoms with Crippen LogP contribution in [0.2, 0.25) is 0 Å². The van der Waals surface area contributed by atoms with Crippen molar-refractivity contribution >= 4 is 5.91 Å². The number of aliphatic hydroxyl groups is 1. The molecule has 15 heavy (non-hydrogen) atoms. The molecule has 0 fully saturated rings. The monoisotopic (exact) mass is 213 g/mol. The molecule has 1 rings (SSSR count). The molecule has 4 nitrogen and oxygen atoms in total. The Labute approximate surface area is 86.4 Å². The van der Waals surface area contributed by atoms with Crippen molar-refractivity contribution in [3.63, 3.8) is 0 Å². The smallest absolute Gasteiger partial charge is 0.258 e. The van der Waals surface area contributed by atoms with Crippen molar-refractivity contribution in [1.29, 1.82) is 0 Å². The van der Waals surface area contributed by atoms with Crippen LogP contribution in [0, 0.1) is 5.82 Å². The maximum Gasteiger partial charge on any atom is 0.258 e. The number of hydrogen-bond donors (Lipinski definition) is 3. The van der Waals surface area contributed by atoms with Gasteiger partial charge in [-0.1, -0.05) is 6.07 Å². The molecule has 1 unspecified atom stereocenters. The van der Waals surface area contributed by atoms with Crippen molar-refractivity contribution in [2.45, 2.75) is 13.0 Å². The van der Waals surface area contributed by atoms with Crippen LogP contribution in [0.4, 0.5) is 4.39 Å². The predicted octanol–water partition coefficient (Wildman–Crippen LogP) is 0.642. The Kier molecular flexibility index (Phi) is 3.62. The first-order valence-corrected chi connectivity index (χ1v) is 4.46. The van der Waals surface area contributed by atoms with E-state index in [9.17, 15) is 14.3 Å². The van der Waals surface area contributed by atoms with Crippen LogP contribution in [0.5, 0.6) is 5.75 Å². The zero-order valence-corrected chi connectivity index (χ0v) is 8.20. The lowest BCUT2D eigenvalue weighted by atomic mass is 10.1. The van der Waals surface area contributed by atoms with Crippen molar-refractivity contribution in [2.75, 3.05) is 6.54 Å². The number of aromatic hydroxyl groups is 1. The van der Waals surface area contributed by atoms with Gasteiger partial charge >= 0.3 is 0 Å². The van der Waals surface area contributed by atoms with E-state index in [0.29, 0.717) is 0 Å². The summed E-state index contributed by atoms with van der Waals surface area (Å²) >= 11 is 0. The summed E-state index contributed by atoms with van der Waals surface area (Å²) in [6, 6.07) is 3.60. The summed E-state index contributed by atoms with van der Waals surface area (Å²) in [5.41, 5.74) is -0.404. The van der Waals surface area contributed by atoms with Gasteiger partial charge in [0, 0.05) is 6.54 Å². The Morgan fingerprint density at radius 3 is 2.80 bits per heavy atom. The Bertz CT molecular complexity index is 345. The van der Waals surface area contributed by atoms with Crippen LogP contribution in [0.25, 0.3) is 0 Å². The second-order valence-corrected chi connectivity index (χ2v) is 3.19. The van der Waals surface area contributed by atoms with Gasteiger partial charge in [-0.25, -0.2) is 4.39 Å². The van der Waals surface area contributed by atoms with Gasteiger partial charge in [0.2, 0.25) is 0 Å². The molecule has 0 aliphatic rings. The van der Waals surface area contributed by atoms with E-state index in [4.69, 9.17) is 5.11 Å². The Morgan fingerprint density at radius 2 is 2.27 bits per heavy atom. The number of nitrogens with one attached hydrogen (secondary N) is 1. The van der Waals surface area contributed by atoms with E-state index in [1.54, 1.807) is 0 Å². The van der Waals surface area contributed by atoms with Crippen LogP contribution in [-0.4, -0.2) is 28.8 Å². The molecular formula is C10H12FNO3. The highest BCUT2D eigenvalue weighted by atomic mass is 19.1. The molecule has 0 aromatic heterocycles. The summed E-state index contributed by atoms with van der Waals surface area (Å²) in [6.07, 6.45) is -0.720. The quantitative estimate of drug-likeness (QED) is 0.690. The number of phenols is 1. The topological polar surface area (TPSA) is 69.6 Å². The van der Waals surface area contributed by atoms with Crippen molar-refractivity contribution in [3.05, 3.63) is 29.6 Å². The van der Waals surface area contributed by atoms with E-state index >= 15 is 0 Å². The minimum absolute atomic E-state index is 0.00656. The van der Waals surface area contributed by atoms with Gasteiger partial charge in [0.05, 0.1) is 6.10 Å².